The van der Waals surface area contributed by atoms with Crippen molar-refractivity contribution < 1.29 is 23.9 Å². The van der Waals surface area contributed by atoms with Gasteiger partial charge in [0.05, 0.1) is 7.11 Å². The first-order chi connectivity index (χ1) is 13.5. The van der Waals surface area contributed by atoms with E-state index in [1.54, 1.807) is 0 Å². The number of esters is 1. The normalized spacial score (nSPS) is 35.2. The highest BCUT2D eigenvalue weighted by atomic mass is 16.5. The molecule has 5 heteroatoms. The summed E-state index contributed by atoms with van der Waals surface area (Å²) in [6.07, 6.45) is 6.99. The Kier molecular flexibility index (Phi) is 5.63. The maximum atomic E-state index is 13.0. The average molecular weight is 401 g/mol. The van der Waals surface area contributed by atoms with Crippen molar-refractivity contribution in [3.8, 4) is 0 Å². The number of hydrogen-bond donors (Lipinski definition) is 0. The van der Waals surface area contributed by atoms with Gasteiger partial charge in [-0.25, -0.2) is 0 Å². The molecule has 0 spiro atoms. The zero-order valence-corrected chi connectivity index (χ0v) is 18.2. The van der Waals surface area contributed by atoms with Crippen molar-refractivity contribution in [3.05, 3.63) is 35.3 Å². The number of fused-ring (bicyclic) bond motifs is 1. The Labute approximate surface area is 173 Å². The number of ketones is 2. The second-order valence-corrected chi connectivity index (χ2v) is 9.40. The van der Waals surface area contributed by atoms with Gasteiger partial charge in [-0.2, -0.15) is 0 Å². The van der Waals surface area contributed by atoms with Crippen LogP contribution in [0.25, 0.3) is 0 Å². The number of carbonyl (C=O) groups excluding carboxylic acids is 3. The molecular formula is C24H32O5. The van der Waals surface area contributed by atoms with Crippen molar-refractivity contribution in [1.29, 1.82) is 0 Å². The summed E-state index contributed by atoms with van der Waals surface area (Å²) in [7, 11) is 1.33. The van der Waals surface area contributed by atoms with E-state index in [2.05, 4.69) is 27.4 Å². The number of methoxy groups -OCH3 is 1. The van der Waals surface area contributed by atoms with Gasteiger partial charge >= 0.3 is 5.97 Å². The van der Waals surface area contributed by atoms with E-state index in [1.165, 1.54) is 25.7 Å². The Balaban J connectivity index is 2.06. The molecule has 0 saturated heterocycles. The van der Waals surface area contributed by atoms with Crippen LogP contribution in [-0.2, 0) is 23.9 Å². The van der Waals surface area contributed by atoms with E-state index in [0.717, 1.165) is 32.1 Å². The number of allylic oxidation sites excluding steroid dienone is 3. The van der Waals surface area contributed by atoms with Crippen LogP contribution in [0.15, 0.2) is 35.3 Å². The average Bonchev–Trinajstić information content (AvgIpc) is 2.66. The van der Waals surface area contributed by atoms with Gasteiger partial charge < -0.3 is 9.47 Å². The summed E-state index contributed by atoms with van der Waals surface area (Å²) in [5.74, 6) is -0.998. The molecule has 0 N–H and O–H groups in total. The minimum Gasteiger partial charge on any atom is -0.492 e. The Morgan fingerprint density at radius 2 is 1.97 bits per heavy atom. The lowest BCUT2D eigenvalue weighted by Crippen LogP contribution is -2.50. The molecule has 4 atom stereocenters. The second kappa shape index (κ2) is 7.58. The molecule has 0 aromatic rings. The molecule has 0 unspecified atom stereocenters. The highest BCUT2D eigenvalue weighted by Gasteiger charge is 2.55. The maximum absolute atomic E-state index is 13.0. The van der Waals surface area contributed by atoms with E-state index >= 15 is 0 Å². The summed E-state index contributed by atoms with van der Waals surface area (Å²) in [5.41, 5.74) is 1.43. The third kappa shape index (κ3) is 3.49. The van der Waals surface area contributed by atoms with Crippen LogP contribution in [0.3, 0.4) is 0 Å². The van der Waals surface area contributed by atoms with Gasteiger partial charge in [-0.1, -0.05) is 32.9 Å². The van der Waals surface area contributed by atoms with Crippen LogP contribution in [0.5, 0.6) is 0 Å². The Bertz CT molecular complexity index is 832. The van der Waals surface area contributed by atoms with E-state index in [9.17, 15) is 14.4 Å². The number of Topliss-reactive ketones (excluding diaryl/α,β-unsaturated/α-hetero) is 1. The van der Waals surface area contributed by atoms with Crippen LogP contribution in [0.4, 0.5) is 0 Å². The fourth-order valence-electron chi connectivity index (χ4n) is 5.85. The van der Waals surface area contributed by atoms with Crippen molar-refractivity contribution in [2.24, 2.45) is 22.7 Å². The summed E-state index contributed by atoms with van der Waals surface area (Å²) in [4.78, 5) is 37.4. The van der Waals surface area contributed by atoms with Gasteiger partial charge in [0.1, 0.15) is 0 Å². The molecule has 29 heavy (non-hydrogen) atoms. The molecule has 5 nitrogen and oxygen atoms in total. The molecule has 3 rings (SSSR count). The fourth-order valence-corrected chi connectivity index (χ4v) is 5.85. The van der Waals surface area contributed by atoms with Crippen molar-refractivity contribution in [2.75, 3.05) is 7.11 Å². The van der Waals surface area contributed by atoms with Gasteiger partial charge in [0, 0.05) is 18.6 Å². The molecule has 0 radical (unpaired) electrons. The van der Waals surface area contributed by atoms with Crippen molar-refractivity contribution >= 4 is 17.5 Å². The molecule has 0 amide bonds. The number of rotatable bonds is 4. The predicted octanol–water partition coefficient (Wildman–Crippen LogP) is 4.67. The quantitative estimate of drug-likeness (QED) is 0.389. The predicted molar refractivity (Wildman–Crippen MR) is 110 cm³/mol. The molecule has 0 aliphatic heterocycles. The minimum atomic E-state index is -0.617. The lowest BCUT2D eigenvalue weighted by Gasteiger charge is -2.59. The van der Waals surface area contributed by atoms with Gasteiger partial charge in [0.15, 0.2) is 17.3 Å². The monoisotopic (exact) mass is 400 g/mol. The first-order valence-electron chi connectivity index (χ1n) is 10.5. The van der Waals surface area contributed by atoms with Crippen molar-refractivity contribution in [2.45, 2.75) is 66.2 Å². The maximum Gasteiger partial charge on any atom is 0.308 e. The van der Waals surface area contributed by atoms with E-state index in [0.29, 0.717) is 23.8 Å². The standard InChI is InChI=1S/C24H32O5/c1-14-8-7-9-20-23(14,4)11-10-15(2)24(20,5)13-17-18(26)12-19(28-6)21(27)22(17)29-16(3)25/h12,15,20H,1,7-11,13H2,2-6H3/t15-,20+,23-,24+/m0/s1. The van der Waals surface area contributed by atoms with E-state index in [4.69, 9.17) is 9.47 Å². The topological polar surface area (TPSA) is 69.7 Å². The molecule has 2 fully saturated rings. The largest absolute Gasteiger partial charge is 0.492 e. The lowest BCUT2D eigenvalue weighted by molar-refractivity contribution is -0.140. The molecule has 158 valence electrons. The molecule has 3 aliphatic rings. The molecule has 0 aromatic carbocycles. The molecular weight excluding hydrogens is 368 g/mol. The smallest absolute Gasteiger partial charge is 0.308 e. The van der Waals surface area contributed by atoms with Gasteiger partial charge in [0.25, 0.3) is 5.78 Å². The Morgan fingerprint density at radius 1 is 1.28 bits per heavy atom. The highest BCUT2D eigenvalue weighted by molar-refractivity contribution is 6.21. The first kappa shape index (κ1) is 21.5. The van der Waals surface area contributed by atoms with Crippen LogP contribution in [0, 0.1) is 22.7 Å². The molecule has 0 bridgehead atoms. The number of ether oxygens (including phenoxy) is 2. The Hall–Kier alpha value is -2.17. The van der Waals surface area contributed by atoms with Crippen LogP contribution in [-0.4, -0.2) is 24.6 Å². The number of carbonyl (C=O) groups is 3. The SMILES string of the molecule is C=C1CCC[C@H]2[C@](C)(CC3=C(OC(C)=O)C(=O)C(OC)=CC3=O)[C@@H](C)CC[C@@]12C. The van der Waals surface area contributed by atoms with Crippen LogP contribution in [0.1, 0.15) is 66.2 Å². The molecule has 0 aromatic heterocycles. The summed E-state index contributed by atoms with van der Waals surface area (Å²) in [6.45, 7) is 12.4. The molecule has 3 aliphatic carbocycles. The van der Waals surface area contributed by atoms with Crippen molar-refractivity contribution in [3.63, 3.8) is 0 Å². The zero-order valence-electron chi connectivity index (χ0n) is 18.2. The third-order valence-corrected chi connectivity index (χ3v) is 7.85. The first-order valence-corrected chi connectivity index (χ1v) is 10.5. The van der Waals surface area contributed by atoms with E-state index < -0.39 is 11.8 Å². The van der Waals surface area contributed by atoms with Crippen LogP contribution >= 0.6 is 0 Å². The number of hydrogen-bond acceptors (Lipinski definition) is 5. The summed E-state index contributed by atoms with van der Waals surface area (Å²) >= 11 is 0. The minimum absolute atomic E-state index is 0.0386. The summed E-state index contributed by atoms with van der Waals surface area (Å²) < 4.78 is 10.3. The lowest BCUT2D eigenvalue weighted by atomic mass is 9.46. The zero-order chi connectivity index (χ0) is 21.6. The molecule has 0 heterocycles. The molecule has 2 saturated carbocycles. The van der Waals surface area contributed by atoms with E-state index in [1.807, 2.05) is 0 Å². The van der Waals surface area contributed by atoms with Gasteiger partial charge in [-0.15, -0.1) is 0 Å². The second-order valence-electron chi connectivity index (χ2n) is 9.40. The van der Waals surface area contributed by atoms with Gasteiger partial charge in [0.2, 0.25) is 0 Å². The third-order valence-electron chi connectivity index (χ3n) is 7.85. The van der Waals surface area contributed by atoms with Crippen LogP contribution in [0.2, 0.25) is 0 Å². The Morgan fingerprint density at radius 3 is 2.59 bits per heavy atom. The van der Waals surface area contributed by atoms with Crippen molar-refractivity contribution in [1.82, 2.24) is 0 Å². The fraction of sp³-hybridized carbons (Fsp3) is 0.625. The summed E-state index contributed by atoms with van der Waals surface area (Å²) in [6, 6.07) is 0. The highest BCUT2D eigenvalue weighted by Crippen LogP contribution is 2.63. The van der Waals surface area contributed by atoms with E-state index in [-0.39, 0.29) is 28.1 Å². The summed E-state index contributed by atoms with van der Waals surface area (Å²) in [5, 5.41) is 0. The van der Waals surface area contributed by atoms with Gasteiger partial charge in [-0.3, -0.25) is 14.4 Å². The van der Waals surface area contributed by atoms with Crippen LogP contribution < -0.4 is 0 Å². The van der Waals surface area contributed by atoms with Gasteiger partial charge in [-0.05, 0) is 61.2 Å².